The molecule has 1 nitrogen and oxygen atoms in total. The van der Waals surface area contributed by atoms with Crippen LogP contribution in [0.5, 0.6) is 0 Å². The van der Waals surface area contributed by atoms with Crippen molar-refractivity contribution in [1.29, 1.82) is 0 Å². The first-order valence-corrected chi connectivity index (χ1v) is 4.65. The quantitative estimate of drug-likeness (QED) is 0.626. The van der Waals surface area contributed by atoms with Gasteiger partial charge in [-0.1, -0.05) is 24.1 Å². The monoisotopic (exact) mass is 166 g/mol. The highest BCUT2D eigenvalue weighted by molar-refractivity contribution is 5.32. The van der Waals surface area contributed by atoms with E-state index in [1.54, 1.807) is 12.7 Å². The molecule has 0 bridgehead atoms. The number of allylic oxidation sites excluding steroid dienone is 3. The van der Waals surface area contributed by atoms with Gasteiger partial charge in [0.05, 0.1) is 6.61 Å². The van der Waals surface area contributed by atoms with Gasteiger partial charge in [-0.25, -0.2) is 0 Å². The summed E-state index contributed by atoms with van der Waals surface area (Å²) in [6.07, 6.45) is 5.90. The Morgan fingerprint density at radius 2 is 2.17 bits per heavy atom. The molecular formula is C11H18O. The molecule has 0 aromatic rings. The molecular weight excluding hydrogens is 148 g/mol. The van der Waals surface area contributed by atoms with E-state index in [1.165, 1.54) is 30.4 Å². The van der Waals surface area contributed by atoms with Crippen LogP contribution in [0.1, 0.15) is 33.1 Å². The molecule has 0 unspecified atom stereocenters. The zero-order valence-electron chi connectivity index (χ0n) is 8.31. The van der Waals surface area contributed by atoms with Gasteiger partial charge in [-0.2, -0.15) is 0 Å². The van der Waals surface area contributed by atoms with Gasteiger partial charge in [0.1, 0.15) is 0 Å². The Morgan fingerprint density at radius 1 is 1.42 bits per heavy atom. The summed E-state index contributed by atoms with van der Waals surface area (Å²) in [6, 6.07) is 0. The van der Waals surface area contributed by atoms with Gasteiger partial charge in [0.25, 0.3) is 0 Å². The van der Waals surface area contributed by atoms with Crippen molar-refractivity contribution < 1.29 is 4.74 Å². The van der Waals surface area contributed by atoms with Gasteiger partial charge in [0.2, 0.25) is 0 Å². The van der Waals surface area contributed by atoms with E-state index in [2.05, 4.69) is 19.9 Å². The van der Waals surface area contributed by atoms with E-state index in [1.807, 2.05) is 0 Å². The van der Waals surface area contributed by atoms with Gasteiger partial charge in [0, 0.05) is 7.11 Å². The van der Waals surface area contributed by atoms with Crippen LogP contribution in [0.2, 0.25) is 0 Å². The first-order valence-electron chi connectivity index (χ1n) is 4.65. The van der Waals surface area contributed by atoms with Gasteiger partial charge in [-0.05, 0) is 31.8 Å². The van der Waals surface area contributed by atoms with Crippen LogP contribution in [0.4, 0.5) is 0 Å². The fraction of sp³-hybridized carbons (Fsp3) is 0.636. The summed E-state index contributed by atoms with van der Waals surface area (Å²) in [5.74, 6) is 0. The molecule has 0 heterocycles. The maximum Gasteiger partial charge on any atom is 0.0676 e. The minimum Gasteiger partial charge on any atom is -0.380 e. The van der Waals surface area contributed by atoms with E-state index in [9.17, 15) is 0 Å². The molecule has 1 heteroatoms. The highest BCUT2D eigenvalue weighted by Crippen LogP contribution is 2.25. The van der Waals surface area contributed by atoms with Gasteiger partial charge in [-0.15, -0.1) is 0 Å². The van der Waals surface area contributed by atoms with E-state index < -0.39 is 0 Å². The summed E-state index contributed by atoms with van der Waals surface area (Å²) >= 11 is 0. The van der Waals surface area contributed by atoms with Crippen LogP contribution in [0.15, 0.2) is 22.8 Å². The zero-order chi connectivity index (χ0) is 8.97. The van der Waals surface area contributed by atoms with Gasteiger partial charge in [0.15, 0.2) is 0 Å². The van der Waals surface area contributed by atoms with Crippen LogP contribution < -0.4 is 0 Å². The van der Waals surface area contributed by atoms with Crippen LogP contribution in [0.3, 0.4) is 0 Å². The second-order valence-electron chi connectivity index (χ2n) is 3.38. The summed E-state index contributed by atoms with van der Waals surface area (Å²) in [7, 11) is 1.76. The summed E-state index contributed by atoms with van der Waals surface area (Å²) < 4.78 is 5.11. The molecule has 0 fully saturated rings. The normalized spacial score (nSPS) is 18.1. The molecule has 1 aliphatic rings. The molecule has 0 saturated heterocycles. The van der Waals surface area contributed by atoms with Crippen LogP contribution in [0.25, 0.3) is 0 Å². The molecule has 0 aliphatic heterocycles. The number of hydrogen-bond acceptors (Lipinski definition) is 1. The van der Waals surface area contributed by atoms with Crippen molar-refractivity contribution in [1.82, 2.24) is 0 Å². The van der Waals surface area contributed by atoms with Crippen molar-refractivity contribution in [2.75, 3.05) is 13.7 Å². The first kappa shape index (κ1) is 9.53. The van der Waals surface area contributed by atoms with Crippen LogP contribution >= 0.6 is 0 Å². The van der Waals surface area contributed by atoms with Gasteiger partial charge >= 0.3 is 0 Å². The third-order valence-corrected chi connectivity index (χ3v) is 2.48. The lowest BCUT2D eigenvalue weighted by Crippen LogP contribution is -2.01. The number of methoxy groups -OCH3 is 1. The van der Waals surface area contributed by atoms with Gasteiger partial charge < -0.3 is 4.74 Å². The lowest BCUT2D eigenvalue weighted by molar-refractivity contribution is 0.222. The second kappa shape index (κ2) is 4.46. The molecule has 12 heavy (non-hydrogen) atoms. The largest absolute Gasteiger partial charge is 0.380 e. The van der Waals surface area contributed by atoms with Crippen molar-refractivity contribution in [3.8, 4) is 0 Å². The average molecular weight is 166 g/mol. The third-order valence-electron chi connectivity index (χ3n) is 2.48. The predicted molar refractivity (Wildman–Crippen MR) is 52.2 cm³/mol. The lowest BCUT2D eigenvalue weighted by atomic mass is 9.92. The topological polar surface area (TPSA) is 9.23 Å². The Morgan fingerprint density at radius 3 is 2.67 bits per heavy atom. The Kier molecular flexibility index (Phi) is 3.54. The molecule has 0 aromatic carbocycles. The van der Waals surface area contributed by atoms with Crippen molar-refractivity contribution in [2.24, 2.45) is 0 Å². The van der Waals surface area contributed by atoms with Crippen molar-refractivity contribution in [3.63, 3.8) is 0 Å². The summed E-state index contributed by atoms with van der Waals surface area (Å²) in [5, 5.41) is 0. The molecule has 0 spiro atoms. The van der Waals surface area contributed by atoms with E-state index in [-0.39, 0.29) is 0 Å². The Hall–Kier alpha value is -0.560. The molecule has 0 radical (unpaired) electrons. The van der Waals surface area contributed by atoms with Crippen molar-refractivity contribution in [2.45, 2.75) is 33.1 Å². The summed E-state index contributed by atoms with van der Waals surface area (Å²) in [4.78, 5) is 0. The third kappa shape index (κ3) is 2.21. The van der Waals surface area contributed by atoms with Crippen molar-refractivity contribution in [3.05, 3.63) is 22.8 Å². The maximum absolute atomic E-state index is 5.11. The minimum atomic E-state index is 0.800. The Balaban J connectivity index is 2.67. The number of hydrogen-bond donors (Lipinski definition) is 0. The molecule has 0 atom stereocenters. The summed E-state index contributed by atoms with van der Waals surface area (Å²) in [6.45, 7) is 5.23. The SMILES string of the molecule is CCC1=C(C)C=C(COC)CC1. The van der Waals surface area contributed by atoms with E-state index in [0.29, 0.717) is 0 Å². The molecule has 1 aliphatic carbocycles. The Bertz CT molecular complexity index is 211. The van der Waals surface area contributed by atoms with E-state index in [4.69, 9.17) is 4.74 Å². The minimum absolute atomic E-state index is 0.800. The van der Waals surface area contributed by atoms with E-state index in [0.717, 1.165) is 6.61 Å². The highest BCUT2D eigenvalue weighted by atomic mass is 16.5. The van der Waals surface area contributed by atoms with Crippen LogP contribution in [-0.2, 0) is 4.74 Å². The fourth-order valence-electron chi connectivity index (χ4n) is 1.74. The summed E-state index contributed by atoms with van der Waals surface area (Å²) in [5.41, 5.74) is 4.50. The van der Waals surface area contributed by atoms with Crippen molar-refractivity contribution >= 4 is 0 Å². The molecule has 0 amide bonds. The fourth-order valence-corrected chi connectivity index (χ4v) is 1.74. The zero-order valence-corrected chi connectivity index (χ0v) is 8.31. The maximum atomic E-state index is 5.11. The standard InChI is InChI=1S/C11H18O/c1-4-11-6-5-10(8-12-3)7-9(11)2/h7H,4-6,8H2,1-3H3. The molecule has 0 aromatic heterocycles. The predicted octanol–water partition coefficient (Wildman–Crippen LogP) is 3.08. The average Bonchev–Trinajstić information content (AvgIpc) is 2.05. The number of ether oxygens (including phenoxy) is 1. The smallest absolute Gasteiger partial charge is 0.0676 e. The molecule has 68 valence electrons. The first-order chi connectivity index (χ1) is 5.77. The van der Waals surface area contributed by atoms with E-state index >= 15 is 0 Å². The van der Waals surface area contributed by atoms with Crippen LogP contribution in [-0.4, -0.2) is 13.7 Å². The van der Waals surface area contributed by atoms with Crippen LogP contribution in [0, 0.1) is 0 Å². The number of rotatable bonds is 3. The Labute approximate surface area is 75.1 Å². The van der Waals surface area contributed by atoms with Gasteiger partial charge in [-0.3, -0.25) is 0 Å². The molecule has 0 saturated carbocycles. The second-order valence-corrected chi connectivity index (χ2v) is 3.38. The highest BCUT2D eigenvalue weighted by Gasteiger charge is 2.08. The lowest BCUT2D eigenvalue weighted by Gasteiger charge is -2.16. The molecule has 1 rings (SSSR count). The molecule has 0 N–H and O–H groups in total.